The van der Waals surface area contributed by atoms with E-state index >= 15 is 0 Å². The van der Waals surface area contributed by atoms with Gasteiger partial charge in [0, 0.05) is 31.7 Å². The van der Waals surface area contributed by atoms with Crippen LogP contribution >= 0.6 is 0 Å². The summed E-state index contributed by atoms with van der Waals surface area (Å²) in [4.78, 5) is 21.6. The molecular formula is C24H25F2N5O. The Bertz CT molecular complexity index is 1120. The number of amides is 1. The maximum absolute atomic E-state index is 14.7. The Kier molecular flexibility index (Phi) is 6.70. The van der Waals surface area contributed by atoms with Gasteiger partial charge in [0.15, 0.2) is 0 Å². The lowest BCUT2D eigenvalue weighted by atomic mass is 10.1. The number of benzene rings is 1. The standard InChI is InChI=1S/C24H25F2N5O/c25-18-5-1-3-15(11-18)8-10-29-23-19(12-20(26)22(31-23)16-6-7-16)24(32)30-14-17-4-2-9-28-21(17)13-27/h1-5,9,11-12,16H,6-8,10,13-14,27H2,(H,29,31)(H,30,32). The number of hydrogen-bond acceptors (Lipinski definition) is 5. The van der Waals surface area contributed by atoms with E-state index in [9.17, 15) is 13.6 Å². The molecule has 0 unspecified atom stereocenters. The van der Waals surface area contributed by atoms with E-state index in [0.29, 0.717) is 30.2 Å². The minimum atomic E-state index is -0.475. The number of hydrogen-bond donors (Lipinski definition) is 3. The smallest absolute Gasteiger partial charge is 0.255 e. The van der Waals surface area contributed by atoms with Gasteiger partial charge in [-0.05, 0) is 54.7 Å². The highest BCUT2D eigenvalue weighted by Gasteiger charge is 2.30. The number of nitrogens with two attached hydrogens (primary N) is 1. The molecule has 0 radical (unpaired) electrons. The minimum Gasteiger partial charge on any atom is -0.369 e. The lowest BCUT2D eigenvalue weighted by Crippen LogP contribution is -2.26. The molecule has 1 saturated carbocycles. The molecular weight excluding hydrogens is 412 g/mol. The van der Waals surface area contributed by atoms with Crippen molar-refractivity contribution in [1.82, 2.24) is 15.3 Å². The van der Waals surface area contributed by atoms with Crippen LogP contribution in [-0.4, -0.2) is 22.4 Å². The van der Waals surface area contributed by atoms with Gasteiger partial charge in [0.2, 0.25) is 0 Å². The van der Waals surface area contributed by atoms with Crippen molar-refractivity contribution >= 4 is 11.7 Å². The molecule has 1 aliphatic carbocycles. The zero-order valence-electron chi connectivity index (χ0n) is 17.6. The molecule has 1 aromatic carbocycles. The highest BCUT2D eigenvalue weighted by molar-refractivity contribution is 5.98. The van der Waals surface area contributed by atoms with Crippen LogP contribution in [0.5, 0.6) is 0 Å². The fourth-order valence-corrected chi connectivity index (χ4v) is 3.56. The molecule has 0 aliphatic heterocycles. The van der Waals surface area contributed by atoms with Crippen LogP contribution in [0, 0.1) is 11.6 Å². The summed E-state index contributed by atoms with van der Waals surface area (Å²) in [7, 11) is 0. The number of halogens is 2. The second kappa shape index (κ2) is 9.82. The molecule has 4 N–H and O–H groups in total. The number of nitrogens with zero attached hydrogens (tertiary/aromatic N) is 2. The molecule has 8 heteroatoms. The average Bonchev–Trinajstić information content (AvgIpc) is 3.63. The summed E-state index contributed by atoms with van der Waals surface area (Å²) in [5.74, 6) is -0.798. The summed E-state index contributed by atoms with van der Waals surface area (Å²) >= 11 is 0. The molecule has 2 aromatic heterocycles. The van der Waals surface area contributed by atoms with Crippen molar-refractivity contribution in [3.63, 3.8) is 0 Å². The van der Waals surface area contributed by atoms with Crippen molar-refractivity contribution in [2.75, 3.05) is 11.9 Å². The van der Waals surface area contributed by atoms with Crippen molar-refractivity contribution in [2.24, 2.45) is 5.73 Å². The number of rotatable bonds is 9. The number of carbonyl (C=O) groups is 1. The van der Waals surface area contributed by atoms with Crippen LogP contribution in [0.2, 0.25) is 0 Å². The Morgan fingerprint density at radius 1 is 1.16 bits per heavy atom. The third kappa shape index (κ3) is 5.26. The Labute approximate surface area is 185 Å². The molecule has 1 amide bonds. The summed E-state index contributed by atoms with van der Waals surface area (Å²) < 4.78 is 28.1. The van der Waals surface area contributed by atoms with Crippen LogP contribution < -0.4 is 16.4 Å². The molecule has 0 spiro atoms. The van der Waals surface area contributed by atoms with Gasteiger partial charge >= 0.3 is 0 Å². The molecule has 6 nitrogen and oxygen atoms in total. The third-order valence-corrected chi connectivity index (χ3v) is 5.42. The van der Waals surface area contributed by atoms with E-state index in [1.54, 1.807) is 18.3 Å². The first kappa shape index (κ1) is 21.8. The average molecular weight is 437 g/mol. The predicted octanol–water partition coefficient (Wildman–Crippen LogP) is 3.68. The zero-order chi connectivity index (χ0) is 22.5. The Hall–Kier alpha value is -3.39. The Balaban J connectivity index is 1.50. The topological polar surface area (TPSA) is 92.9 Å². The summed E-state index contributed by atoms with van der Waals surface area (Å²) in [6.07, 6.45) is 3.96. The van der Waals surface area contributed by atoms with E-state index in [-0.39, 0.29) is 30.4 Å². The van der Waals surface area contributed by atoms with Crippen molar-refractivity contribution in [3.05, 3.63) is 88.4 Å². The fourth-order valence-electron chi connectivity index (χ4n) is 3.56. The first-order chi connectivity index (χ1) is 15.5. The van der Waals surface area contributed by atoms with E-state index in [2.05, 4.69) is 20.6 Å². The molecule has 32 heavy (non-hydrogen) atoms. The summed E-state index contributed by atoms with van der Waals surface area (Å²) in [6.45, 7) is 0.894. The molecule has 0 bridgehead atoms. The number of aromatic nitrogens is 2. The predicted molar refractivity (Wildman–Crippen MR) is 118 cm³/mol. The largest absolute Gasteiger partial charge is 0.369 e. The van der Waals surface area contributed by atoms with E-state index in [0.717, 1.165) is 24.0 Å². The maximum atomic E-state index is 14.7. The van der Waals surface area contributed by atoms with Crippen molar-refractivity contribution in [2.45, 2.75) is 38.3 Å². The van der Waals surface area contributed by atoms with Gasteiger partial charge in [-0.1, -0.05) is 18.2 Å². The second-order valence-corrected chi connectivity index (χ2v) is 7.83. The van der Waals surface area contributed by atoms with Gasteiger partial charge in [-0.3, -0.25) is 9.78 Å². The molecule has 166 valence electrons. The van der Waals surface area contributed by atoms with Crippen molar-refractivity contribution in [1.29, 1.82) is 0 Å². The van der Waals surface area contributed by atoms with Crippen LogP contribution in [0.1, 0.15) is 51.6 Å². The maximum Gasteiger partial charge on any atom is 0.255 e. The van der Waals surface area contributed by atoms with Gasteiger partial charge in [-0.15, -0.1) is 0 Å². The summed E-state index contributed by atoms with van der Waals surface area (Å²) in [6, 6.07) is 11.2. The summed E-state index contributed by atoms with van der Waals surface area (Å²) in [5, 5.41) is 5.95. The molecule has 0 atom stereocenters. The first-order valence-corrected chi connectivity index (χ1v) is 10.6. The first-order valence-electron chi connectivity index (χ1n) is 10.6. The zero-order valence-corrected chi connectivity index (χ0v) is 17.6. The molecule has 4 rings (SSSR count). The van der Waals surface area contributed by atoms with E-state index in [1.165, 1.54) is 18.2 Å². The van der Waals surface area contributed by atoms with E-state index in [4.69, 9.17) is 5.73 Å². The number of nitrogens with one attached hydrogen (secondary N) is 2. The van der Waals surface area contributed by atoms with Crippen molar-refractivity contribution in [3.8, 4) is 0 Å². The van der Waals surface area contributed by atoms with Gasteiger partial charge in [0.05, 0.1) is 17.0 Å². The third-order valence-electron chi connectivity index (χ3n) is 5.42. The Morgan fingerprint density at radius 2 is 2.00 bits per heavy atom. The molecule has 1 fully saturated rings. The van der Waals surface area contributed by atoms with E-state index < -0.39 is 11.7 Å². The van der Waals surface area contributed by atoms with Gasteiger partial charge in [0.1, 0.15) is 17.5 Å². The van der Waals surface area contributed by atoms with Crippen LogP contribution in [0.3, 0.4) is 0 Å². The van der Waals surface area contributed by atoms with Crippen molar-refractivity contribution < 1.29 is 13.6 Å². The molecule has 3 aromatic rings. The highest BCUT2D eigenvalue weighted by Crippen LogP contribution is 2.41. The van der Waals surface area contributed by atoms with Gasteiger partial charge in [0.25, 0.3) is 5.91 Å². The SMILES string of the molecule is NCc1ncccc1CNC(=O)c1cc(F)c(C2CC2)nc1NCCc1cccc(F)c1. The molecule has 0 saturated heterocycles. The highest BCUT2D eigenvalue weighted by atomic mass is 19.1. The van der Waals surface area contributed by atoms with Crippen LogP contribution in [0.25, 0.3) is 0 Å². The molecule has 2 heterocycles. The number of carbonyl (C=O) groups excluding carboxylic acids is 1. The van der Waals surface area contributed by atoms with Crippen LogP contribution in [0.15, 0.2) is 48.7 Å². The minimum absolute atomic E-state index is 0.0957. The quantitative estimate of drug-likeness (QED) is 0.475. The van der Waals surface area contributed by atoms with Gasteiger partial charge in [-0.2, -0.15) is 0 Å². The Morgan fingerprint density at radius 3 is 2.75 bits per heavy atom. The monoisotopic (exact) mass is 437 g/mol. The molecule has 1 aliphatic rings. The van der Waals surface area contributed by atoms with Gasteiger partial charge in [-0.25, -0.2) is 13.8 Å². The lowest BCUT2D eigenvalue weighted by Gasteiger charge is -2.14. The second-order valence-electron chi connectivity index (χ2n) is 7.83. The summed E-state index contributed by atoms with van der Waals surface area (Å²) in [5.41, 5.74) is 8.52. The van der Waals surface area contributed by atoms with Crippen LogP contribution in [0.4, 0.5) is 14.6 Å². The fraction of sp³-hybridized carbons (Fsp3) is 0.292. The van der Waals surface area contributed by atoms with Crippen LogP contribution in [-0.2, 0) is 19.5 Å². The van der Waals surface area contributed by atoms with E-state index in [1.807, 2.05) is 12.1 Å². The number of pyridine rings is 2. The van der Waals surface area contributed by atoms with Gasteiger partial charge < -0.3 is 16.4 Å². The lowest BCUT2D eigenvalue weighted by molar-refractivity contribution is 0.0950. The number of anilines is 1. The normalized spacial score (nSPS) is 13.1.